The van der Waals surface area contributed by atoms with Crippen LogP contribution in [0.4, 0.5) is 0 Å². The predicted molar refractivity (Wildman–Crippen MR) is 42.1 cm³/mol. The van der Waals surface area contributed by atoms with Gasteiger partial charge in [0.2, 0.25) is 0 Å². The van der Waals surface area contributed by atoms with Gasteiger partial charge in [0.25, 0.3) is 5.09 Å². The minimum Gasteiger partial charge on any atom is -0.344 e. The van der Waals surface area contributed by atoms with Crippen molar-refractivity contribution >= 4 is 0 Å². The van der Waals surface area contributed by atoms with Gasteiger partial charge in [-0.05, 0) is 0 Å². The smallest absolute Gasteiger partial charge is 0.291 e. The average molecular weight is 237 g/mol. The van der Waals surface area contributed by atoms with Crippen molar-refractivity contribution in [3.8, 4) is 0 Å². The Morgan fingerprint density at radius 2 is 0.867 bits per heavy atom. The summed E-state index contributed by atoms with van der Waals surface area (Å²) < 4.78 is 0. The molecule has 0 saturated carbocycles. The molecule has 0 unspecified atom stereocenters. The summed E-state index contributed by atoms with van der Waals surface area (Å²) in [4.78, 5) is 25.5. The van der Waals surface area contributed by atoms with Gasteiger partial charge in [-0.2, -0.15) is 11.7 Å². The monoisotopic (exact) mass is 237 g/mol. The molecule has 0 rings (SSSR count). The van der Waals surface area contributed by atoms with Crippen LogP contribution in [0.25, 0.3) is 0 Å². The lowest BCUT2D eigenvalue weighted by atomic mass is 12.8. The number of hydrazine groups is 2. The van der Waals surface area contributed by atoms with Gasteiger partial charge < -0.3 is 16.6 Å². The molecule has 0 spiro atoms. The second-order valence-electron chi connectivity index (χ2n) is 0.809. The molecule has 0 aliphatic heterocycles. The molecule has 15 nitrogen and oxygen atoms in total. The third kappa shape index (κ3) is 162. The van der Waals surface area contributed by atoms with Crippen molar-refractivity contribution in [3.05, 3.63) is 30.3 Å². The molecule has 0 heterocycles. The van der Waals surface area contributed by atoms with E-state index in [1.165, 1.54) is 0 Å². The van der Waals surface area contributed by atoms with Crippen LogP contribution < -0.4 is 23.7 Å². The van der Waals surface area contributed by atoms with Crippen LogP contribution in [0.1, 0.15) is 0 Å². The first-order chi connectivity index (χ1) is 6.20. The quantitative estimate of drug-likeness (QED) is 0.144. The molecule has 0 atom stereocenters. The van der Waals surface area contributed by atoms with Crippen molar-refractivity contribution < 1.29 is 25.6 Å². The molecular formula is H11N7O8. The van der Waals surface area contributed by atoms with Crippen molar-refractivity contribution in [3.63, 3.8) is 0 Å². The third-order valence-corrected chi connectivity index (χ3v) is 0. The summed E-state index contributed by atoms with van der Waals surface area (Å²) in [6.07, 6.45) is 0. The summed E-state index contributed by atoms with van der Waals surface area (Å²) in [5.41, 5.74) is 0. The van der Waals surface area contributed by atoms with Crippen LogP contribution in [-0.2, 0) is 0 Å². The van der Waals surface area contributed by atoms with Crippen molar-refractivity contribution in [1.29, 1.82) is 0 Å². The number of rotatable bonds is 0. The fourth-order valence-electron chi connectivity index (χ4n) is 0. The Hall–Kier alpha value is -2.52. The molecule has 0 aromatic rings. The van der Waals surface area contributed by atoms with E-state index in [0.29, 0.717) is 0 Å². The number of hydrogen-bond donors (Lipinski definition) is 6. The molecular weight excluding hydrogens is 226 g/mol. The van der Waals surface area contributed by atoms with E-state index in [1.807, 2.05) is 0 Å². The molecule has 0 amide bonds. The summed E-state index contributed by atoms with van der Waals surface area (Å²) in [5.74, 6) is 11.2. The number of nitrogens with zero attached hydrogens (tertiary/aromatic N) is 3. The molecule has 0 saturated heterocycles. The Morgan fingerprint density at radius 1 is 0.867 bits per heavy atom. The van der Waals surface area contributed by atoms with Gasteiger partial charge in [0.15, 0.2) is 10.1 Å². The third-order valence-electron chi connectivity index (χ3n) is 0. The van der Waals surface area contributed by atoms with Crippen molar-refractivity contribution in [2.45, 2.75) is 0 Å². The molecule has 0 fully saturated rings. The SMILES string of the molecule is N.NO.N[N+](=O)[O-].N[N+](=O)[O-].O=[N+]([O-])O. The second kappa shape index (κ2) is 30.0. The van der Waals surface area contributed by atoms with Crippen LogP contribution in [0.5, 0.6) is 0 Å². The molecule has 0 aromatic heterocycles. The Kier molecular flexibility index (Phi) is 58.8. The summed E-state index contributed by atoms with van der Waals surface area (Å²) in [6.45, 7) is 0. The molecule has 0 aliphatic rings. The standard InChI is InChI=1S/2H2N2O2.HNO3.H3NO.H3N/c2*1-2(3)4;2-1(3)4;1-2;/h2*1H2;(H,2,3,4);2H,1H2;1H3. The fourth-order valence-corrected chi connectivity index (χ4v) is 0. The first kappa shape index (κ1) is 29.4. The van der Waals surface area contributed by atoms with Gasteiger partial charge in [-0.25, -0.2) is 26.1 Å². The van der Waals surface area contributed by atoms with E-state index in [-0.39, 0.29) is 6.15 Å². The lowest BCUT2D eigenvalue weighted by molar-refractivity contribution is -0.742. The lowest BCUT2D eigenvalue weighted by Crippen LogP contribution is -2.04. The average Bonchev–Trinajstić information content (AvgIpc) is 1.86. The summed E-state index contributed by atoms with van der Waals surface area (Å²) >= 11 is 0. The Balaban J connectivity index is -0.0000000298. The highest BCUT2D eigenvalue weighted by molar-refractivity contribution is 3.87. The molecule has 15 heavy (non-hydrogen) atoms. The zero-order valence-corrected chi connectivity index (χ0v) is 7.12. The van der Waals surface area contributed by atoms with Crippen LogP contribution in [0, 0.1) is 30.3 Å². The van der Waals surface area contributed by atoms with Gasteiger partial charge in [-0.3, -0.25) is 0 Å². The predicted octanol–water partition coefficient (Wildman–Crippen LogP) is -2.58. The zero-order chi connectivity index (χ0) is 12.7. The fraction of sp³-hybridized carbons (Fsp3) is 0. The largest absolute Gasteiger partial charge is 0.344 e. The van der Waals surface area contributed by atoms with Gasteiger partial charge in [-0.15, -0.1) is 10.1 Å². The van der Waals surface area contributed by atoms with Crippen molar-refractivity contribution in [2.24, 2.45) is 17.6 Å². The van der Waals surface area contributed by atoms with Crippen LogP contribution in [0.15, 0.2) is 0 Å². The topological polar surface area (TPSA) is 283 Å². The van der Waals surface area contributed by atoms with Crippen LogP contribution in [0.2, 0.25) is 0 Å². The summed E-state index contributed by atoms with van der Waals surface area (Å²) in [5, 5.41) is 35.3. The molecule has 0 aromatic carbocycles. The normalized spacial score (nSPS) is 5.20. The van der Waals surface area contributed by atoms with Crippen LogP contribution in [-0.4, -0.2) is 25.6 Å². The van der Waals surface area contributed by atoms with E-state index in [0.717, 1.165) is 0 Å². The first-order valence-corrected chi connectivity index (χ1v) is 2.07. The van der Waals surface area contributed by atoms with Gasteiger partial charge in [0.05, 0.1) is 0 Å². The number of nitro groups is 2. The highest BCUT2D eigenvalue weighted by Crippen LogP contribution is 1.38. The van der Waals surface area contributed by atoms with E-state index >= 15 is 0 Å². The van der Waals surface area contributed by atoms with E-state index in [4.69, 9.17) is 40.8 Å². The highest BCUT2D eigenvalue weighted by Gasteiger charge is 1.65. The highest BCUT2D eigenvalue weighted by atomic mass is 16.9. The van der Waals surface area contributed by atoms with Gasteiger partial charge >= 0.3 is 0 Å². The minimum absolute atomic E-state index is 0. The maximum Gasteiger partial charge on any atom is 0.291 e. The van der Waals surface area contributed by atoms with Gasteiger partial charge in [0, 0.05) is 0 Å². The summed E-state index contributed by atoms with van der Waals surface area (Å²) in [6, 6.07) is 0. The molecule has 0 bridgehead atoms. The Bertz CT molecular complexity index is 113. The number of hydrogen-bond acceptors (Lipinski definition) is 9. The zero-order valence-electron chi connectivity index (χ0n) is 7.12. The van der Waals surface area contributed by atoms with E-state index in [1.54, 1.807) is 0 Å². The lowest BCUT2D eigenvalue weighted by Gasteiger charge is -1.61. The second-order valence-corrected chi connectivity index (χ2v) is 0.809. The Morgan fingerprint density at radius 3 is 0.867 bits per heavy atom. The van der Waals surface area contributed by atoms with Gasteiger partial charge in [-0.1, -0.05) is 0 Å². The maximum absolute atomic E-state index is 8.58. The van der Waals surface area contributed by atoms with E-state index in [9.17, 15) is 0 Å². The summed E-state index contributed by atoms with van der Waals surface area (Å²) in [7, 11) is 0. The Labute approximate surface area is 80.9 Å². The molecule has 15 heteroatoms. The van der Waals surface area contributed by atoms with E-state index < -0.39 is 15.2 Å². The van der Waals surface area contributed by atoms with Gasteiger partial charge in [0.1, 0.15) is 0 Å². The molecule has 0 radical (unpaired) electrons. The van der Waals surface area contributed by atoms with Crippen molar-refractivity contribution in [1.82, 2.24) is 6.15 Å². The number of nitrogens with two attached hydrogens (primary N) is 3. The van der Waals surface area contributed by atoms with Crippen LogP contribution >= 0.6 is 0 Å². The maximum atomic E-state index is 8.58. The molecule has 11 N–H and O–H groups in total. The first-order valence-electron chi connectivity index (χ1n) is 2.07. The minimum atomic E-state index is -1.50. The van der Waals surface area contributed by atoms with Crippen molar-refractivity contribution in [2.75, 3.05) is 0 Å². The van der Waals surface area contributed by atoms with Crippen LogP contribution in [0.3, 0.4) is 0 Å². The molecule has 0 aliphatic carbocycles. The molecule has 94 valence electrons. The van der Waals surface area contributed by atoms with E-state index in [2.05, 4.69) is 17.6 Å².